The molecule has 1 aliphatic rings. The van der Waals surface area contributed by atoms with Crippen LogP contribution in [0.4, 0.5) is 5.95 Å². The van der Waals surface area contributed by atoms with Crippen molar-refractivity contribution in [2.75, 3.05) is 19.5 Å². The molecule has 1 aliphatic heterocycles. The van der Waals surface area contributed by atoms with Gasteiger partial charge in [0.15, 0.2) is 20.6 Å². The van der Waals surface area contributed by atoms with Crippen LogP contribution in [0.3, 0.4) is 0 Å². The number of anilines is 1. The number of halogens is 2. The quantitative estimate of drug-likeness (QED) is 0.577. The molecule has 4 N–H and O–H groups in total. The van der Waals surface area contributed by atoms with Crippen LogP contribution in [-0.4, -0.2) is 58.9 Å². The number of imidazole rings is 1. The molecular formula is C11H13Br2N5O4. The van der Waals surface area contributed by atoms with Gasteiger partial charge in [-0.3, -0.25) is 4.57 Å². The predicted octanol–water partition coefficient (Wildman–Crippen LogP) is 0.154. The van der Waals surface area contributed by atoms with Crippen molar-refractivity contribution >= 4 is 49.0 Å². The van der Waals surface area contributed by atoms with Crippen LogP contribution in [0, 0.1) is 0 Å². The predicted molar refractivity (Wildman–Crippen MR) is 83.9 cm³/mol. The van der Waals surface area contributed by atoms with Crippen LogP contribution in [0.5, 0.6) is 5.88 Å². The summed E-state index contributed by atoms with van der Waals surface area (Å²) in [6, 6.07) is 0. The molecule has 0 spiro atoms. The Hall–Kier alpha value is -1.01. The van der Waals surface area contributed by atoms with E-state index in [2.05, 4.69) is 46.8 Å². The van der Waals surface area contributed by atoms with E-state index in [1.807, 2.05) is 0 Å². The van der Waals surface area contributed by atoms with Crippen LogP contribution in [0.25, 0.3) is 11.2 Å². The van der Waals surface area contributed by atoms with Crippen LogP contribution in [0.1, 0.15) is 6.23 Å². The number of alkyl halides is 2. The van der Waals surface area contributed by atoms with E-state index in [4.69, 9.17) is 15.2 Å². The van der Waals surface area contributed by atoms with Gasteiger partial charge < -0.3 is 25.4 Å². The van der Waals surface area contributed by atoms with Crippen molar-refractivity contribution in [1.82, 2.24) is 19.5 Å². The molecule has 2 aromatic heterocycles. The Morgan fingerprint density at radius 3 is 2.82 bits per heavy atom. The first kappa shape index (κ1) is 15.9. The van der Waals surface area contributed by atoms with Crippen molar-refractivity contribution in [1.29, 1.82) is 0 Å². The Morgan fingerprint density at radius 2 is 2.23 bits per heavy atom. The van der Waals surface area contributed by atoms with E-state index >= 15 is 0 Å². The minimum absolute atomic E-state index is 0.0260. The Kier molecular flexibility index (Phi) is 4.01. The van der Waals surface area contributed by atoms with Crippen molar-refractivity contribution in [3.63, 3.8) is 0 Å². The Bertz CT molecular complexity index is 709. The van der Waals surface area contributed by atoms with E-state index in [1.165, 1.54) is 13.4 Å². The summed E-state index contributed by atoms with van der Waals surface area (Å²) in [5, 5.41) is 19.5. The zero-order valence-electron chi connectivity index (χ0n) is 11.3. The molecule has 3 heterocycles. The zero-order chi connectivity index (χ0) is 16.1. The smallest absolute Gasteiger partial charge is 0.246 e. The van der Waals surface area contributed by atoms with E-state index in [0.717, 1.165) is 0 Å². The first-order chi connectivity index (χ1) is 10.4. The maximum atomic E-state index is 10.2. The molecule has 0 radical (unpaired) electrons. The highest BCUT2D eigenvalue weighted by Gasteiger charge is 2.54. The number of rotatable bonds is 3. The van der Waals surface area contributed by atoms with E-state index in [-0.39, 0.29) is 18.4 Å². The standard InChI is InChI=1S/C11H13Br2N5O4/c1-21-8-5-7(16-10(14)17-8)18(3-15-5)9-11(12,13)6(20)4(2-19)22-9/h3-4,6,9,19-20H,2H2,1H3,(H2,14,16,17)/t4-,6?,9-/m1/s1. The lowest BCUT2D eigenvalue weighted by atomic mass is 10.2. The van der Waals surface area contributed by atoms with Crippen LogP contribution < -0.4 is 10.5 Å². The van der Waals surface area contributed by atoms with E-state index in [0.29, 0.717) is 11.2 Å². The molecule has 3 atom stereocenters. The molecule has 11 heteroatoms. The highest BCUT2D eigenvalue weighted by Crippen LogP contribution is 2.50. The summed E-state index contributed by atoms with van der Waals surface area (Å²) in [4.78, 5) is 12.3. The van der Waals surface area contributed by atoms with E-state index in [1.54, 1.807) is 4.57 Å². The number of nitrogen functional groups attached to an aromatic ring is 1. The number of aliphatic hydroxyl groups excluding tert-OH is 2. The largest absolute Gasteiger partial charge is 0.479 e. The number of aromatic nitrogens is 4. The first-order valence-electron chi connectivity index (χ1n) is 6.26. The van der Waals surface area contributed by atoms with E-state index in [9.17, 15) is 10.2 Å². The van der Waals surface area contributed by atoms with Gasteiger partial charge in [0, 0.05) is 0 Å². The molecule has 9 nitrogen and oxygen atoms in total. The maximum Gasteiger partial charge on any atom is 0.246 e. The Labute approximate surface area is 141 Å². The molecule has 0 saturated carbocycles. The lowest BCUT2D eigenvalue weighted by Crippen LogP contribution is -2.36. The van der Waals surface area contributed by atoms with Gasteiger partial charge in [-0.25, -0.2) is 4.98 Å². The van der Waals surface area contributed by atoms with Gasteiger partial charge in [0.05, 0.1) is 20.0 Å². The first-order valence-corrected chi connectivity index (χ1v) is 7.85. The van der Waals surface area contributed by atoms with E-state index < -0.39 is 21.7 Å². The fourth-order valence-electron chi connectivity index (χ4n) is 2.34. The van der Waals surface area contributed by atoms with Crippen LogP contribution in [0.2, 0.25) is 0 Å². The Balaban J connectivity index is 2.13. The molecule has 2 aromatic rings. The molecular weight excluding hydrogens is 426 g/mol. The molecule has 3 rings (SSSR count). The topological polar surface area (TPSA) is 129 Å². The van der Waals surface area contributed by atoms with Crippen LogP contribution >= 0.6 is 31.9 Å². The third-order valence-electron chi connectivity index (χ3n) is 3.41. The minimum atomic E-state index is -1.02. The number of ether oxygens (including phenoxy) is 2. The number of methoxy groups -OCH3 is 1. The number of hydrogen-bond donors (Lipinski definition) is 3. The van der Waals surface area contributed by atoms with Gasteiger partial charge >= 0.3 is 0 Å². The van der Waals surface area contributed by atoms with Crippen molar-refractivity contribution in [3.05, 3.63) is 6.33 Å². The summed E-state index contributed by atoms with van der Waals surface area (Å²) >= 11 is 6.79. The molecule has 0 aliphatic carbocycles. The SMILES string of the molecule is COc1nc(N)nc2c1ncn2[C@@H]1O[C@H](CO)C(O)C1(Br)Br. The second-order valence-electron chi connectivity index (χ2n) is 4.74. The summed E-state index contributed by atoms with van der Waals surface area (Å²) in [5.41, 5.74) is 6.49. The molecule has 22 heavy (non-hydrogen) atoms. The summed E-state index contributed by atoms with van der Waals surface area (Å²) in [7, 11) is 1.46. The highest BCUT2D eigenvalue weighted by molar-refractivity contribution is 9.25. The van der Waals surface area contributed by atoms with Gasteiger partial charge in [0.25, 0.3) is 0 Å². The number of fused-ring (bicyclic) bond motifs is 1. The van der Waals surface area contributed by atoms with Crippen molar-refractivity contribution in [2.45, 2.75) is 21.7 Å². The zero-order valence-corrected chi connectivity index (χ0v) is 14.5. The second kappa shape index (κ2) is 5.57. The Morgan fingerprint density at radius 1 is 1.50 bits per heavy atom. The van der Waals surface area contributed by atoms with Crippen molar-refractivity contribution < 1.29 is 19.7 Å². The summed E-state index contributed by atoms with van der Waals surface area (Å²) in [6.45, 7) is -0.330. The van der Waals surface area contributed by atoms with Crippen LogP contribution in [0.15, 0.2) is 6.33 Å². The highest BCUT2D eigenvalue weighted by atomic mass is 79.9. The normalized spacial score (nSPS) is 27.4. The lowest BCUT2D eigenvalue weighted by molar-refractivity contribution is -0.0432. The fourth-order valence-corrected chi connectivity index (χ4v) is 3.59. The average Bonchev–Trinajstić information content (AvgIpc) is 2.98. The molecule has 1 unspecified atom stereocenters. The minimum Gasteiger partial charge on any atom is -0.479 e. The molecule has 120 valence electrons. The van der Waals surface area contributed by atoms with Gasteiger partial charge in [-0.15, -0.1) is 0 Å². The average molecular weight is 439 g/mol. The van der Waals surface area contributed by atoms with Gasteiger partial charge in [-0.2, -0.15) is 9.97 Å². The fraction of sp³-hybridized carbons (Fsp3) is 0.545. The summed E-state index contributed by atoms with van der Waals surface area (Å²) in [5.74, 6) is 0.270. The molecule has 0 bridgehead atoms. The third kappa shape index (κ3) is 2.27. The molecule has 1 fully saturated rings. The number of nitrogens with two attached hydrogens (primary N) is 1. The number of aliphatic hydroxyl groups is 2. The van der Waals surface area contributed by atoms with Gasteiger partial charge in [-0.1, -0.05) is 31.9 Å². The lowest BCUT2D eigenvalue weighted by Gasteiger charge is -2.24. The molecule has 0 amide bonds. The van der Waals surface area contributed by atoms with Crippen molar-refractivity contribution in [2.24, 2.45) is 0 Å². The summed E-state index contributed by atoms with van der Waals surface area (Å²) < 4.78 is 11.4. The number of nitrogens with zero attached hydrogens (tertiary/aromatic N) is 4. The van der Waals surface area contributed by atoms with Gasteiger partial charge in [0.1, 0.15) is 12.2 Å². The molecule has 0 aromatic carbocycles. The van der Waals surface area contributed by atoms with Gasteiger partial charge in [0.2, 0.25) is 11.8 Å². The second-order valence-corrected chi connectivity index (χ2v) is 8.43. The van der Waals surface area contributed by atoms with Gasteiger partial charge in [-0.05, 0) is 0 Å². The summed E-state index contributed by atoms with van der Waals surface area (Å²) in [6.07, 6.45) is -0.984. The van der Waals surface area contributed by atoms with Crippen molar-refractivity contribution in [3.8, 4) is 5.88 Å². The van der Waals surface area contributed by atoms with Crippen LogP contribution in [-0.2, 0) is 4.74 Å². The monoisotopic (exact) mass is 437 g/mol. The third-order valence-corrected chi connectivity index (χ3v) is 5.13. The maximum absolute atomic E-state index is 10.2. The molecule has 1 saturated heterocycles. The number of hydrogen-bond acceptors (Lipinski definition) is 8.